The second-order valence-corrected chi connectivity index (χ2v) is 4.56. The Labute approximate surface area is 101 Å². The highest BCUT2D eigenvalue weighted by molar-refractivity contribution is 4.48. The van der Waals surface area contributed by atoms with Crippen LogP contribution < -0.4 is 0 Å². The predicted molar refractivity (Wildman–Crippen MR) is 67.9 cm³/mol. The third-order valence-electron chi connectivity index (χ3n) is 2.85. The van der Waals surface area contributed by atoms with E-state index in [0.717, 1.165) is 19.3 Å². The molecule has 0 saturated heterocycles. The fourth-order valence-electron chi connectivity index (χ4n) is 1.71. The zero-order chi connectivity index (χ0) is 12.1. The number of hydrogen-bond acceptors (Lipinski definition) is 1. The van der Waals surface area contributed by atoms with Crippen molar-refractivity contribution in [3.8, 4) is 0 Å². The Bertz CT molecular complexity index is 126. The summed E-state index contributed by atoms with van der Waals surface area (Å²) in [5.41, 5.74) is 0. The van der Waals surface area contributed by atoms with Gasteiger partial charge in [0.25, 0.3) is 0 Å². The molecule has 0 aromatic rings. The lowest BCUT2D eigenvalue weighted by molar-refractivity contribution is -0.144. The van der Waals surface area contributed by atoms with Crippen LogP contribution in [0, 0.1) is 0 Å². The van der Waals surface area contributed by atoms with Gasteiger partial charge in [-0.25, -0.2) is 5.11 Å². The van der Waals surface area contributed by atoms with Crippen molar-refractivity contribution in [1.82, 2.24) is 0 Å². The summed E-state index contributed by atoms with van der Waals surface area (Å²) >= 11 is 0. The van der Waals surface area contributed by atoms with Crippen LogP contribution in [0.4, 0.5) is 0 Å². The number of rotatable bonds is 12. The highest BCUT2D eigenvalue weighted by Crippen LogP contribution is 2.10. The summed E-state index contributed by atoms with van der Waals surface area (Å²) in [6.07, 6.45) is 10.9. The number of unbranched alkanes of at least 4 members (excludes halogenated alkanes) is 7. The van der Waals surface area contributed by atoms with Gasteiger partial charge in [0.2, 0.25) is 0 Å². The Morgan fingerprint density at radius 3 is 2.00 bits per heavy atom. The molecule has 0 heterocycles. The molecule has 16 heavy (non-hydrogen) atoms. The molecule has 0 aliphatic heterocycles. The maximum Gasteiger partial charge on any atom is 0.191 e. The maximum absolute atomic E-state index is 11.3. The fourth-order valence-corrected chi connectivity index (χ4v) is 1.71. The van der Waals surface area contributed by atoms with E-state index in [1.54, 1.807) is 0 Å². The molecule has 0 spiro atoms. The van der Waals surface area contributed by atoms with Gasteiger partial charge >= 0.3 is 0 Å². The zero-order valence-corrected chi connectivity index (χ0v) is 11.2. The molecule has 0 aromatic heterocycles. The molecule has 0 aliphatic carbocycles. The molecular weight excluding hydrogens is 200 g/mol. The molecule has 1 atom stereocenters. The third kappa shape index (κ3) is 12.0. The van der Waals surface area contributed by atoms with Crippen molar-refractivity contribution in [3.05, 3.63) is 0 Å². The van der Waals surface area contributed by atoms with Crippen molar-refractivity contribution in [2.45, 2.75) is 84.3 Å². The first kappa shape index (κ1) is 15.9. The van der Waals surface area contributed by atoms with Crippen LogP contribution >= 0.6 is 0 Å². The second-order valence-electron chi connectivity index (χ2n) is 4.56. The van der Waals surface area contributed by atoms with Gasteiger partial charge in [-0.3, -0.25) is 0 Å². The predicted octanol–water partition coefficient (Wildman–Crippen LogP) is 4.70. The number of hydrogen-bond donors (Lipinski definition) is 0. The second kappa shape index (κ2) is 13.0. The molecular formula is C14H29O2. The molecule has 0 saturated carbocycles. The van der Waals surface area contributed by atoms with E-state index in [9.17, 15) is 5.11 Å². The van der Waals surface area contributed by atoms with E-state index in [1.165, 1.54) is 38.5 Å². The van der Waals surface area contributed by atoms with Gasteiger partial charge in [0.15, 0.2) is 6.29 Å². The molecule has 0 rings (SSSR count). The van der Waals surface area contributed by atoms with Crippen LogP contribution in [0.5, 0.6) is 0 Å². The molecule has 1 radical (unpaired) electrons. The first-order valence-corrected chi connectivity index (χ1v) is 7.08. The summed E-state index contributed by atoms with van der Waals surface area (Å²) in [6, 6.07) is 0. The summed E-state index contributed by atoms with van der Waals surface area (Å²) in [5, 5.41) is 11.3. The van der Waals surface area contributed by atoms with Crippen molar-refractivity contribution in [1.29, 1.82) is 0 Å². The van der Waals surface area contributed by atoms with E-state index in [4.69, 9.17) is 4.74 Å². The molecule has 0 N–H and O–H groups in total. The van der Waals surface area contributed by atoms with E-state index in [1.807, 2.05) is 0 Å². The largest absolute Gasteiger partial charge is 0.350 e. The van der Waals surface area contributed by atoms with E-state index in [2.05, 4.69) is 13.8 Å². The maximum atomic E-state index is 11.3. The minimum Gasteiger partial charge on any atom is -0.350 e. The lowest BCUT2D eigenvalue weighted by atomic mass is 10.1. The normalized spacial score (nSPS) is 12.9. The van der Waals surface area contributed by atoms with E-state index >= 15 is 0 Å². The minimum atomic E-state index is -0.776. The van der Waals surface area contributed by atoms with Crippen LogP contribution in [0.25, 0.3) is 0 Å². The molecule has 0 amide bonds. The van der Waals surface area contributed by atoms with Gasteiger partial charge in [-0.05, 0) is 12.8 Å². The van der Waals surface area contributed by atoms with Gasteiger partial charge in [0.1, 0.15) is 0 Å². The summed E-state index contributed by atoms with van der Waals surface area (Å²) in [7, 11) is 0. The summed E-state index contributed by atoms with van der Waals surface area (Å²) in [5.74, 6) is 0. The van der Waals surface area contributed by atoms with Gasteiger partial charge in [-0.2, -0.15) is 0 Å². The molecule has 0 bridgehead atoms. The van der Waals surface area contributed by atoms with Crippen LogP contribution in [0.1, 0.15) is 78.1 Å². The van der Waals surface area contributed by atoms with E-state index < -0.39 is 6.29 Å². The summed E-state index contributed by atoms with van der Waals surface area (Å²) in [6.45, 7) is 4.98. The van der Waals surface area contributed by atoms with Crippen LogP contribution in [-0.4, -0.2) is 12.9 Å². The standard InChI is InChI=1S/C14H29O2/c1-3-5-7-8-9-10-11-12-14(15)16-13-6-4-2/h14H,3-13H2,1-2H3. The molecule has 0 aliphatic rings. The Morgan fingerprint density at radius 2 is 1.38 bits per heavy atom. The lowest BCUT2D eigenvalue weighted by Crippen LogP contribution is -2.10. The Hall–Kier alpha value is -0.0800. The summed E-state index contributed by atoms with van der Waals surface area (Å²) in [4.78, 5) is 0. The third-order valence-corrected chi connectivity index (χ3v) is 2.85. The molecule has 1 unspecified atom stereocenters. The van der Waals surface area contributed by atoms with E-state index in [0.29, 0.717) is 13.0 Å². The molecule has 0 fully saturated rings. The first-order valence-electron chi connectivity index (χ1n) is 7.08. The molecule has 2 heteroatoms. The smallest absolute Gasteiger partial charge is 0.191 e. The van der Waals surface area contributed by atoms with Crippen LogP contribution in [0.15, 0.2) is 0 Å². The van der Waals surface area contributed by atoms with Gasteiger partial charge in [0, 0.05) is 13.0 Å². The van der Waals surface area contributed by atoms with Crippen molar-refractivity contribution in [3.63, 3.8) is 0 Å². The number of ether oxygens (including phenoxy) is 1. The van der Waals surface area contributed by atoms with Crippen LogP contribution in [-0.2, 0) is 9.84 Å². The Morgan fingerprint density at radius 1 is 0.812 bits per heavy atom. The molecule has 2 nitrogen and oxygen atoms in total. The Balaban J connectivity index is 3.06. The van der Waals surface area contributed by atoms with E-state index in [-0.39, 0.29) is 0 Å². The summed E-state index contributed by atoms with van der Waals surface area (Å²) < 4.78 is 5.17. The van der Waals surface area contributed by atoms with Gasteiger partial charge in [-0.1, -0.05) is 58.8 Å². The van der Waals surface area contributed by atoms with Gasteiger partial charge in [0.05, 0.1) is 0 Å². The van der Waals surface area contributed by atoms with Crippen molar-refractivity contribution < 1.29 is 9.84 Å². The van der Waals surface area contributed by atoms with Crippen LogP contribution in [0.2, 0.25) is 0 Å². The highest BCUT2D eigenvalue weighted by atomic mass is 16.6. The fraction of sp³-hybridized carbons (Fsp3) is 1.00. The quantitative estimate of drug-likeness (QED) is 0.352. The lowest BCUT2D eigenvalue weighted by Gasteiger charge is -2.09. The first-order chi connectivity index (χ1) is 7.81. The van der Waals surface area contributed by atoms with Crippen LogP contribution in [0.3, 0.4) is 0 Å². The van der Waals surface area contributed by atoms with Crippen molar-refractivity contribution in [2.75, 3.05) is 6.61 Å². The zero-order valence-electron chi connectivity index (χ0n) is 11.2. The SMILES string of the molecule is CCCCCCCCCC([O])OCCCC. The highest BCUT2D eigenvalue weighted by Gasteiger charge is 2.04. The monoisotopic (exact) mass is 229 g/mol. The minimum absolute atomic E-state index is 0.640. The molecule has 97 valence electrons. The van der Waals surface area contributed by atoms with Gasteiger partial charge < -0.3 is 4.74 Å². The van der Waals surface area contributed by atoms with Crippen molar-refractivity contribution >= 4 is 0 Å². The van der Waals surface area contributed by atoms with Gasteiger partial charge in [-0.15, -0.1) is 0 Å². The Kier molecular flexibility index (Phi) is 12.9. The average Bonchev–Trinajstić information content (AvgIpc) is 2.28. The average molecular weight is 229 g/mol. The van der Waals surface area contributed by atoms with Crippen molar-refractivity contribution in [2.24, 2.45) is 0 Å². The topological polar surface area (TPSA) is 29.1 Å². The molecule has 0 aromatic carbocycles.